The van der Waals surface area contributed by atoms with Crippen LogP contribution in [0.4, 0.5) is 5.69 Å². The number of hydrogen-bond donors (Lipinski definition) is 1. The van der Waals surface area contributed by atoms with Crippen molar-refractivity contribution in [2.75, 3.05) is 24.7 Å². The van der Waals surface area contributed by atoms with Gasteiger partial charge >= 0.3 is 5.97 Å². The molecule has 180 valence electrons. The zero-order chi connectivity index (χ0) is 24.2. The van der Waals surface area contributed by atoms with Crippen LogP contribution in [0.5, 0.6) is 0 Å². The average molecular weight is 503 g/mol. The molecule has 9 heteroatoms. The summed E-state index contributed by atoms with van der Waals surface area (Å²) >= 11 is 7.94. The smallest absolute Gasteiger partial charge is 0.311 e. The summed E-state index contributed by atoms with van der Waals surface area (Å²) in [5, 5.41) is 10.4. The number of thioether (sulfide) groups is 1. The van der Waals surface area contributed by atoms with Crippen LogP contribution in [0.15, 0.2) is 48.6 Å². The molecule has 1 spiro atoms. The molecular weight excluding hydrogens is 476 g/mol. The lowest BCUT2D eigenvalue weighted by molar-refractivity contribution is -0.152. The lowest BCUT2D eigenvalue weighted by Gasteiger charge is -2.39. The minimum atomic E-state index is -0.956. The minimum Gasteiger partial charge on any atom is -0.461 e. The number of aliphatic hydroxyl groups is 1. The van der Waals surface area contributed by atoms with Crippen molar-refractivity contribution in [2.45, 2.75) is 35.9 Å². The highest BCUT2D eigenvalue weighted by atomic mass is 35.5. The van der Waals surface area contributed by atoms with E-state index in [0.29, 0.717) is 10.7 Å². The van der Waals surface area contributed by atoms with E-state index in [2.05, 4.69) is 0 Å². The van der Waals surface area contributed by atoms with E-state index in [1.54, 1.807) is 34.1 Å². The Bertz CT molecular complexity index is 1090. The predicted molar refractivity (Wildman–Crippen MR) is 130 cm³/mol. The van der Waals surface area contributed by atoms with E-state index in [1.807, 2.05) is 38.1 Å². The van der Waals surface area contributed by atoms with Gasteiger partial charge in [0.2, 0.25) is 5.91 Å². The number of amides is 2. The number of anilines is 1. The number of rotatable bonds is 4. The van der Waals surface area contributed by atoms with Gasteiger partial charge in [-0.1, -0.05) is 61.9 Å². The highest BCUT2D eigenvalue weighted by molar-refractivity contribution is 8.02. The van der Waals surface area contributed by atoms with Gasteiger partial charge in [-0.05, 0) is 18.1 Å². The maximum atomic E-state index is 14.3. The van der Waals surface area contributed by atoms with Crippen molar-refractivity contribution in [3.8, 4) is 0 Å². The summed E-state index contributed by atoms with van der Waals surface area (Å²) < 4.78 is 4.43. The molecule has 34 heavy (non-hydrogen) atoms. The Hall–Kier alpha value is -2.29. The number of carbonyl (C=O) groups is 3. The van der Waals surface area contributed by atoms with Crippen LogP contribution < -0.4 is 4.90 Å². The second kappa shape index (κ2) is 8.73. The van der Waals surface area contributed by atoms with Crippen molar-refractivity contribution in [3.05, 3.63) is 53.6 Å². The number of carbonyl (C=O) groups excluding carboxylic acids is 3. The molecule has 2 saturated heterocycles. The predicted octanol–water partition coefficient (Wildman–Crippen LogP) is 2.67. The number of ether oxygens (including phenoxy) is 1. The average Bonchev–Trinajstić information content (AvgIpc) is 3.10. The van der Waals surface area contributed by atoms with Gasteiger partial charge in [0.15, 0.2) is 0 Å². The molecule has 1 aromatic carbocycles. The van der Waals surface area contributed by atoms with Gasteiger partial charge in [-0.15, -0.1) is 11.8 Å². The summed E-state index contributed by atoms with van der Waals surface area (Å²) in [6.45, 7) is 4.01. The molecule has 5 rings (SSSR count). The van der Waals surface area contributed by atoms with Crippen LogP contribution in [0.3, 0.4) is 0 Å². The summed E-state index contributed by atoms with van der Waals surface area (Å²) in [5.41, 5.74) is 0.563. The first-order valence-corrected chi connectivity index (χ1v) is 12.8. The number of nitrogens with zero attached hydrogens (tertiary/aromatic N) is 2. The van der Waals surface area contributed by atoms with Crippen molar-refractivity contribution in [1.82, 2.24) is 4.90 Å². The first-order chi connectivity index (χ1) is 16.3. The molecule has 0 radical (unpaired) electrons. The van der Waals surface area contributed by atoms with Crippen LogP contribution in [0.1, 0.15) is 13.8 Å². The molecule has 6 atom stereocenters. The second-order valence-corrected chi connectivity index (χ2v) is 11.3. The molecule has 7 nitrogen and oxygen atoms in total. The zero-order valence-corrected chi connectivity index (χ0v) is 20.5. The van der Waals surface area contributed by atoms with Crippen LogP contribution in [0.2, 0.25) is 5.02 Å². The van der Waals surface area contributed by atoms with E-state index in [0.717, 1.165) is 0 Å². The fourth-order valence-electron chi connectivity index (χ4n) is 5.77. The molecule has 1 aromatic rings. The number of benzene rings is 1. The van der Waals surface area contributed by atoms with Crippen LogP contribution in [0.25, 0.3) is 0 Å². The first kappa shape index (κ1) is 23.5. The number of esters is 1. The Labute approximate surface area is 207 Å². The Morgan fingerprint density at radius 3 is 2.68 bits per heavy atom. The third-order valence-corrected chi connectivity index (χ3v) is 9.37. The van der Waals surface area contributed by atoms with Crippen LogP contribution in [0, 0.1) is 17.8 Å². The quantitative estimate of drug-likeness (QED) is 0.503. The van der Waals surface area contributed by atoms with Crippen molar-refractivity contribution in [2.24, 2.45) is 17.8 Å². The number of halogens is 1. The van der Waals surface area contributed by atoms with Gasteiger partial charge in [-0.25, -0.2) is 0 Å². The maximum absolute atomic E-state index is 14.3. The van der Waals surface area contributed by atoms with Gasteiger partial charge in [0, 0.05) is 11.8 Å². The fourth-order valence-corrected chi connectivity index (χ4v) is 8.00. The van der Waals surface area contributed by atoms with Crippen molar-refractivity contribution >= 4 is 46.8 Å². The Kier molecular flexibility index (Phi) is 6.02. The Morgan fingerprint density at radius 1 is 1.21 bits per heavy atom. The fraction of sp³-hybridized carbons (Fsp3) is 0.480. The van der Waals surface area contributed by atoms with E-state index in [-0.39, 0.29) is 42.7 Å². The standard InChI is InChI=1S/C25H27ClN2O5S/c1-14(2)17(13-29)28-21-23(31)27(16-8-4-3-7-15(16)26)11-6-10-25(21)20(22(28)30)19-18(34-25)9-5-12-33-24(19)32/h3-10,14,17-21,29H,11-13H2,1-2H3/t17-,18-,19+,20-,21?,25-/m0/s1. The van der Waals surface area contributed by atoms with Gasteiger partial charge in [0.05, 0.1) is 39.9 Å². The van der Waals surface area contributed by atoms with E-state index in [4.69, 9.17) is 16.3 Å². The second-order valence-electron chi connectivity index (χ2n) is 9.44. The molecule has 0 aliphatic carbocycles. The normalized spacial score (nSPS) is 33.4. The summed E-state index contributed by atoms with van der Waals surface area (Å²) in [7, 11) is 0. The summed E-state index contributed by atoms with van der Waals surface area (Å²) in [6, 6.07) is 5.65. The largest absolute Gasteiger partial charge is 0.461 e. The Morgan fingerprint density at radius 2 is 1.97 bits per heavy atom. The number of aliphatic hydroxyl groups excluding tert-OH is 1. The monoisotopic (exact) mass is 502 g/mol. The molecular formula is C25H27ClN2O5S. The maximum Gasteiger partial charge on any atom is 0.311 e. The molecule has 1 unspecified atom stereocenters. The SMILES string of the molecule is CC(C)[C@H](CO)N1C(=O)[C@@H]2[C@@H]3C(=O)OCC=C[C@@H]3S[C@@]23C=CCN(c2ccccc2Cl)C(=O)C13. The van der Waals surface area contributed by atoms with Crippen molar-refractivity contribution in [3.63, 3.8) is 0 Å². The molecule has 2 fully saturated rings. The summed E-state index contributed by atoms with van der Waals surface area (Å²) in [6.07, 6.45) is 7.54. The molecule has 4 aliphatic heterocycles. The molecule has 4 aliphatic rings. The molecule has 0 aromatic heterocycles. The van der Waals surface area contributed by atoms with Crippen LogP contribution in [-0.4, -0.2) is 69.6 Å². The highest BCUT2D eigenvalue weighted by Crippen LogP contribution is 2.61. The minimum absolute atomic E-state index is 0.0969. The molecule has 2 amide bonds. The van der Waals surface area contributed by atoms with Crippen molar-refractivity contribution < 1.29 is 24.2 Å². The number of para-hydroxylation sites is 1. The third kappa shape index (κ3) is 3.33. The lowest BCUT2D eigenvalue weighted by atomic mass is 9.78. The topological polar surface area (TPSA) is 87.2 Å². The molecule has 0 saturated carbocycles. The summed E-state index contributed by atoms with van der Waals surface area (Å²) in [4.78, 5) is 44.5. The summed E-state index contributed by atoms with van der Waals surface area (Å²) in [5.74, 6) is -2.53. The molecule has 0 bridgehead atoms. The van der Waals surface area contributed by atoms with Gasteiger partial charge in [0.25, 0.3) is 5.91 Å². The van der Waals surface area contributed by atoms with E-state index < -0.39 is 34.6 Å². The van der Waals surface area contributed by atoms with Crippen molar-refractivity contribution in [1.29, 1.82) is 0 Å². The molecule has 1 N–H and O–H groups in total. The van der Waals surface area contributed by atoms with Gasteiger partial charge in [-0.3, -0.25) is 14.4 Å². The highest BCUT2D eigenvalue weighted by Gasteiger charge is 2.72. The molecule has 4 heterocycles. The van der Waals surface area contributed by atoms with Gasteiger partial charge < -0.3 is 19.6 Å². The lowest BCUT2D eigenvalue weighted by Crippen LogP contribution is -2.57. The van der Waals surface area contributed by atoms with E-state index in [1.165, 1.54) is 11.8 Å². The van der Waals surface area contributed by atoms with E-state index >= 15 is 0 Å². The van der Waals surface area contributed by atoms with Gasteiger partial charge in [0.1, 0.15) is 12.6 Å². The first-order valence-electron chi connectivity index (χ1n) is 11.5. The number of hydrogen-bond acceptors (Lipinski definition) is 6. The zero-order valence-electron chi connectivity index (χ0n) is 19.0. The third-order valence-electron chi connectivity index (χ3n) is 7.31. The number of likely N-dealkylation sites (tertiary alicyclic amines) is 1. The van der Waals surface area contributed by atoms with E-state index in [9.17, 15) is 19.5 Å². The number of fused-ring (bicyclic) bond motifs is 2. The van der Waals surface area contributed by atoms with Gasteiger partial charge in [-0.2, -0.15) is 0 Å². The van der Waals surface area contributed by atoms with Crippen LogP contribution >= 0.6 is 23.4 Å². The number of cyclic esters (lactones) is 1. The Balaban J connectivity index is 1.68. The van der Waals surface area contributed by atoms with Crippen LogP contribution in [-0.2, 0) is 19.1 Å².